The Balaban J connectivity index is 2.01. The van der Waals surface area contributed by atoms with Crippen LogP contribution in [0, 0.1) is 0 Å². The zero-order valence-electron chi connectivity index (χ0n) is 10.3. The minimum atomic E-state index is -0.420. The molecule has 1 aromatic carbocycles. The number of nitrogens with zero attached hydrogens (tertiary/aromatic N) is 1. The molecule has 1 aromatic heterocycles. The summed E-state index contributed by atoms with van der Waals surface area (Å²) in [6.07, 6.45) is 1.72. The molecule has 0 spiro atoms. The predicted octanol–water partition coefficient (Wildman–Crippen LogP) is 3.87. The number of primary amides is 1. The molecule has 7 heteroatoms. The highest BCUT2D eigenvalue weighted by atomic mass is 79.9. The maximum Gasteiger partial charge on any atom is 0.249 e. The van der Waals surface area contributed by atoms with E-state index in [9.17, 15) is 4.79 Å². The van der Waals surface area contributed by atoms with Crippen molar-refractivity contribution in [3.63, 3.8) is 0 Å². The molecule has 0 radical (unpaired) electrons. The molecular formula is C13H11Br2N3OS. The molecule has 0 unspecified atom stereocenters. The Labute approximate surface area is 137 Å². The molecule has 1 amide bonds. The summed E-state index contributed by atoms with van der Waals surface area (Å²) in [7, 11) is 0. The van der Waals surface area contributed by atoms with Gasteiger partial charge in [-0.05, 0) is 50.1 Å². The van der Waals surface area contributed by atoms with Crippen LogP contribution in [-0.2, 0) is 0 Å². The number of benzene rings is 1. The van der Waals surface area contributed by atoms with E-state index in [4.69, 9.17) is 5.73 Å². The van der Waals surface area contributed by atoms with E-state index in [0.717, 1.165) is 19.7 Å². The molecule has 0 aliphatic rings. The number of rotatable bonds is 5. The first-order chi connectivity index (χ1) is 9.58. The van der Waals surface area contributed by atoms with E-state index in [2.05, 4.69) is 42.2 Å². The van der Waals surface area contributed by atoms with Gasteiger partial charge in [-0.15, -0.1) is 11.8 Å². The Bertz CT molecular complexity index is 637. The summed E-state index contributed by atoms with van der Waals surface area (Å²) < 4.78 is 1.78. The number of pyridine rings is 1. The van der Waals surface area contributed by atoms with Gasteiger partial charge in [0.2, 0.25) is 5.91 Å². The Kier molecular flexibility index (Phi) is 5.45. The van der Waals surface area contributed by atoms with Crippen molar-refractivity contribution in [2.45, 2.75) is 4.90 Å². The van der Waals surface area contributed by atoms with E-state index in [1.165, 1.54) is 11.8 Å². The van der Waals surface area contributed by atoms with Gasteiger partial charge in [-0.3, -0.25) is 4.79 Å². The monoisotopic (exact) mass is 415 g/mol. The fraction of sp³-hybridized carbons (Fsp3) is 0.0769. The molecule has 104 valence electrons. The number of hydrogen-bond donors (Lipinski definition) is 2. The number of carbonyl (C=O) groups excluding carboxylic acids is 1. The number of anilines is 1. The van der Waals surface area contributed by atoms with Gasteiger partial charge in [0.05, 0.1) is 15.9 Å². The molecule has 1 heterocycles. The van der Waals surface area contributed by atoms with E-state index in [0.29, 0.717) is 11.4 Å². The van der Waals surface area contributed by atoms with Gasteiger partial charge < -0.3 is 11.1 Å². The molecule has 0 saturated heterocycles. The lowest BCUT2D eigenvalue weighted by Crippen LogP contribution is -2.12. The second-order valence-electron chi connectivity index (χ2n) is 3.81. The first-order valence-corrected chi connectivity index (χ1v) is 8.21. The Morgan fingerprint density at radius 1 is 1.35 bits per heavy atom. The standard InChI is InChI=1S/C13H11Br2N3OS/c14-8-5-10(15)13(17-6-8)18-7-20-11-4-2-1-3-9(11)12(16)19/h1-6H,7H2,(H2,16,19)(H,17,18). The van der Waals surface area contributed by atoms with Gasteiger partial charge in [0.15, 0.2) is 0 Å². The summed E-state index contributed by atoms with van der Waals surface area (Å²) in [4.78, 5) is 16.4. The van der Waals surface area contributed by atoms with E-state index >= 15 is 0 Å². The Morgan fingerprint density at radius 2 is 2.10 bits per heavy atom. The van der Waals surface area contributed by atoms with E-state index in [1.54, 1.807) is 18.3 Å². The quantitative estimate of drug-likeness (QED) is 0.573. The summed E-state index contributed by atoms with van der Waals surface area (Å²) in [5.41, 5.74) is 5.87. The van der Waals surface area contributed by atoms with Crippen LogP contribution in [0.2, 0.25) is 0 Å². The molecule has 0 fully saturated rings. The number of thioether (sulfide) groups is 1. The minimum Gasteiger partial charge on any atom is -0.366 e. The van der Waals surface area contributed by atoms with Gasteiger partial charge in [-0.25, -0.2) is 4.98 Å². The predicted molar refractivity (Wildman–Crippen MR) is 88.9 cm³/mol. The van der Waals surface area contributed by atoms with Crippen molar-refractivity contribution >= 4 is 55.3 Å². The lowest BCUT2D eigenvalue weighted by atomic mass is 10.2. The third kappa shape index (κ3) is 3.97. The molecule has 0 aliphatic carbocycles. The second kappa shape index (κ2) is 7.10. The highest BCUT2D eigenvalue weighted by molar-refractivity contribution is 9.11. The van der Waals surface area contributed by atoms with Crippen LogP contribution in [0.4, 0.5) is 5.82 Å². The maximum absolute atomic E-state index is 11.3. The summed E-state index contributed by atoms with van der Waals surface area (Å²) in [6, 6.07) is 9.18. The smallest absolute Gasteiger partial charge is 0.249 e. The lowest BCUT2D eigenvalue weighted by molar-refractivity contribution is 0.0997. The van der Waals surface area contributed by atoms with Crippen molar-refractivity contribution in [3.8, 4) is 0 Å². The normalized spacial score (nSPS) is 10.3. The van der Waals surface area contributed by atoms with E-state index in [1.807, 2.05) is 18.2 Å². The highest BCUT2D eigenvalue weighted by Crippen LogP contribution is 2.26. The molecule has 2 aromatic rings. The van der Waals surface area contributed by atoms with Crippen LogP contribution in [0.3, 0.4) is 0 Å². The molecule has 3 N–H and O–H groups in total. The number of aromatic nitrogens is 1. The van der Waals surface area contributed by atoms with Crippen LogP contribution in [0.25, 0.3) is 0 Å². The SMILES string of the molecule is NC(=O)c1ccccc1SCNc1ncc(Br)cc1Br. The Hall–Kier alpha value is -1.05. The summed E-state index contributed by atoms with van der Waals surface area (Å²) in [6.45, 7) is 0. The largest absolute Gasteiger partial charge is 0.366 e. The van der Waals surface area contributed by atoms with Crippen LogP contribution >= 0.6 is 43.6 Å². The van der Waals surface area contributed by atoms with Gasteiger partial charge in [-0.2, -0.15) is 0 Å². The van der Waals surface area contributed by atoms with E-state index in [-0.39, 0.29) is 0 Å². The number of halogens is 2. The number of amides is 1. The molecule has 4 nitrogen and oxygen atoms in total. The highest BCUT2D eigenvalue weighted by Gasteiger charge is 2.08. The molecule has 0 aliphatic heterocycles. The number of nitrogens with one attached hydrogen (secondary N) is 1. The second-order valence-corrected chi connectivity index (χ2v) is 6.60. The molecule has 0 atom stereocenters. The molecular weight excluding hydrogens is 406 g/mol. The molecule has 2 rings (SSSR count). The number of carbonyl (C=O) groups is 1. The average Bonchev–Trinajstić information content (AvgIpc) is 2.41. The zero-order chi connectivity index (χ0) is 14.5. The van der Waals surface area contributed by atoms with Gasteiger partial charge >= 0.3 is 0 Å². The first-order valence-electron chi connectivity index (χ1n) is 5.64. The minimum absolute atomic E-state index is 0.420. The first kappa shape index (κ1) is 15.3. The zero-order valence-corrected chi connectivity index (χ0v) is 14.3. The molecule has 0 bridgehead atoms. The number of hydrogen-bond acceptors (Lipinski definition) is 4. The third-order valence-corrected chi connectivity index (χ3v) is 4.42. The maximum atomic E-state index is 11.3. The van der Waals surface area contributed by atoms with Gasteiger partial charge in [0, 0.05) is 15.6 Å². The van der Waals surface area contributed by atoms with Crippen LogP contribution in [0.1, 0.15) is 10.4 Å². The van der Waals surface area contributed by atoms with Crippen molar-refractivity contribution in [2.24, 2.45) is 5.73 Å². The van der Waals surface area contributed by atoms with Crippen LogP contribution < -0.4 is 11.1 Å². The Morgan fingerprint density at radius 3 is 2.80 bits per heavy atom. The van der Waals surface area contributed by atoms with Crippen LogP contribution in [-0.4, -0.2) is 16.8 Å². The van der Waals surface area contributed by atoms with Crippen molar-refractivity contribution in [3.05, 3.63) is 51.0 Å². The van der Waals surface area contributed by atoms with Gasteiger partial charge in [0.1, 0.15) is 5.82 Å². The average molecular weight is 417 g/mol. The van der Waals surface area contributed by atoms with Gasteiger partial charge in [0.25, 0.3) is 0 Å². The van der Waals surface area contributed by atoms with Crippen molar-refractivity contribution in [2.75, 3.05) is 11.2 Å². The van der Waals surface area contributed by atoms with Gasteiger partial charge in [-0.1, -0.05) is 12.1 Å². The summed E-state index contributed by atoms with van der Waals surface area (Å²) in [5, 5.41) is 3.19. The number of nitrogens with two attached hydrogens (primary N) is 1. The molecule has 0 saturated carbocycles. The molecule has 20 heavy (non-hydrogen) atoms. The van der Waals surface area contributed by atoms with Crippen molar-refractivity contribution in [1.82, 2.24) is 4.98 Å². The summed E-state index contributed by atoms with van der Waals surface area (Å²) >= 11 is 8.28. The van der Waals surface area contributed by atoms with Crippen molar-refractivity contribution in [1.29, 1.82) is 0 Å². The van der Waals surface area contributed by atoms with E-state index < -0.39 is 5.91 Å². The summed E-state index contributed by atoms with van der Waals surface area (Å²) in [5.74, 6) is 0.908. The lowest BCUT2D eigenvalue weighted by Gasteiger charge is -2.09. The fourth-order valence-electron chi connectivity index (χ4n) is 1.52. The van der Waals surface area contributed by atoms with Crippen LogP contribution in [0.15, 0.2) is 50.4 Å². The topological polar surface area (TPSA) is 68.0 Å². The van der Waals surface area contributed by atoms with Crippen LogP contribution in [0.5, 0.6) is 0 Å². The van der Waals surface area contributed by atoms with Crippen molar-refractivity contribution < 1.29 is 4.79 Å². The fourth-order valence-corrected chi connectivity index (χ4v) is 3.51. The third-order valence-electron chi connectivity index (χ3n) is 2.43.